The van der Waals surface area contributed by atoms with Crippen molar-refractivity contribution in [3.63, 3.8) is 0 Å². The molecule has 1 atom stereocenters. The number of carbonyl (C=O) groups excluding carboxylic acids is 3. The van der Waals surface area contributed by atoms with Crippen molar-refractivity contribution in [2.45, 2.75) is 12.5 Å². The quantitative estimate of drug-likeness (QED) is 0.390. The van der Waals surface area contributed by atoms with Gasteiger partial charge in [-0.2, -0.15) is 0 Å². The summed E-state index contributed by atoms with van der Waals surface area (Å²) in [5, 5.41) is 0. The largest absolute Gasteiger partial charge is 0.497 e. The summed E-state index contributed by atoms with van der Waals surface area (Å²) in [5.41, 5.74) is 1.23. The van der Waals surface area contributed by atoms with Crippen LogP contribution in [0.4, 0.5) is 5.69 Å². The van der Waals surface area contributed by atoms with Crippen LogP contribution >= 0.6 is 24.0 Å². The monoisotopic (exact) mass is 454 g/mol. The smallest absolute Gasteiger partial charge is 0.266 e. The van der Waals surface area contributed by atoms with Gasteiger partial charge in [-0.15, -0.1) is 0 Å². The van der Waals surface area contributed by atoms with Gasteiger partial charge in [-0.3, -0.25) is 19.3 Å². The highest BCUT2D eigenvalue weighted by molar-refractivity contribution is 8.26. The van der Waals surface area contributed by atoms with Gasteiger partial charge in [-0.1, -0.05) is 36.1 Å². The van der Waals surface area contributed by atoms with E-state index >= 15 is 0 Å². The maximum absolute atomic E-state index is 13.1. The second-order valence-corrected chi connectivity index (χ2v) is 8.49. The summed E-state index contributed by atoms with van der Waals surface area (Å²) in [6.45, 7) is 0. The van der Waals surface area contributed by atoms with Gasteiger partial charge in [0.05, 0.1) is 31.2 Å². The molecule has 0 spiro atoms. The normalized spacial score (nSPS) is 20.2. The molecule has 0 radical (unpaired) electrons. The SMILES string of the molecule is COc1ccc(/C=C2\SC(=S)N(C3CC(=O)N(c4ccc(OC)cc4)C3=O)C2=O)cc1. The van der Waals surface area contributed by atoms with Crippen LogP contribution in [0, 0.1) is 0 Å². The molecule has 31 heavy (non-hydrogen) atoms. The van der Waals surface area contributed by atoms with Crippen LogP contribution in [0.25, 0.3) is 6.08 Å². The third kappa shape index (κ3) is 3.94. The van der Waals surface area contributed by atoms with Crippen molar-refractivity contribution in [3.05, 3.63) is 59.0 Å². The number of methoxy groups -OCH3 is 2. The van der Waals surface area contributed by atoms with E-state index in [-0.39, 0.29) is 22.6 Å². The lowest BCUT2D eigenvalue weighted by Crippen LogP contribution is -2.44. The molecule has 7 nitrogen and oxygen atoms in total. The van der Waals surface area contributed by atoms with Gasteiger partial charge >= 0.3 is 0 Å². The maximum atomic E-state index is 13.1. The van der Waals surface area contributed by atoms with Gasteiger partial charge in [0.2, 0.25) is 5.91 Å². The third-order valence-corrected chi connectivity index (χ3v) is 6.33. The molecular formula is C22H18N2O5S2. The molecule has 0 saturated carbocycles. The van der Waals surface area contributed by atoms with Crippen LogP contribution < -0.4 is 14.4 Å². The lowest BCUT2D eigenvalue weighted by Gasteiger charge is -2.21. The fourth-order valence-electron chi connectivity index (χ4n) is 3.42. The van der Waals surface area contributed by atoms with Gasteiger partial charge in [0.15, 0.2) is 0 Å². The first-order valence-corrected chi connectivity index (χ1v) is 10.6. The number of amides is 3. The summed E-state index contributed by atoms with van der Waals surface area (Å²) in [7, 11) is 3.11. The van der Waals surface area contributed by atoms with Crippen molar-refractivity contribution in [1.82, 2.24) is 4.90 Å². The topological polar surface area (TPSA) is 76.2 Å². The number of thioether (sulfide) groups is 1. The molecule has 0 N–H and O–H groups in total. The van der Waals surface area contributed by atoms with Crippen LogP contribution in [0.3, 0.4) is 0 Å². The van der Waals surface area contributed by atoms with E-state index in [2.05, 4.69) is 0 Å². The highest BCUT2D eigenvalue weighted by Crippen LogP contribution is 2.37. The van der Waals surface area contributed by atoms with Crippen molar-refractivity contribution in [1.29, 1.82) is 0 Å². The first-order chi connectivity index (χ1) is 14.9. The summed E-state index contributed by atoms with van der Waals surface area (Å²) in [6.07, 6.45) is 1.59. The molecule has 2 saturated heterocycles. The Labute approximate surface area is 188 Å². The number of nitrogens with zero attached hydrogens (tertiary/aromatic N) is 2. The predicted molar refractivity (Wildman–Crippen MR) is 122 cm³/mol. The van der Waals surface area contributed by atoms with Crippen molar-refractivity contribution >= 4 is 57.8 Å². The summed E-state index contributed by atoms with van der Waals surface area (Å²) in [6, 6.07) is 12.9. The van der Waals surface area contributed by atoms with Crippen molar-refractivity contribution in [3.8, 4) is 11.5 Å². The van der Waals surface area contributed by atoms with Crippen LogP contribution in [-0.2, 0) is 14.4 Å². The number of ether oxygens (including phenoxy) is 2. The number of imide groups is 1. The van der Waals surface area contributed by atoms with Crippen LogP contribution in [0.1, 0.15) is 12.0 Å². The molecule has 0 aliphatic carbocycles. The number of hydrogen-bond acceptors (Lipinski definition) is 7. The molecule has 1 unspecified atom stereocenters. The molecule has 9 heteroatoms. The van der Waals surface area contributed by atoms with E-state index in [0.717, 1.165) is 22.2 Å². The molecule has 0 aromatic heterocycles. The Morgan fingerprint density at radius 2 is 1.55 bits per heavy atom. The second-order valence-electron chi connectivity index (χ2n) is 6.81. The van der Waals surface area contributed by atoms with E-state index in [4.69, 9.17) is 21.7 Å². The molecule has 4 rings (SSSR count). The van der Waals surface area contributed by atoms with Gasteiger partial charge < -0.3 is 9.47 Å². The molecule has 2 heterocycles. The van der Waals surface area contributed by atoms with E-state index in [9.17, 15) is 14.4 Å². The Bertz CT molecular complexity index is 1100. The van der Waals surface area contributed by atoms with E-state index < -0.39 is 11.9 Å². The summed E-state index contributed by atoms with van der Waals surface area (Å²) in [4.78, 5) is 41.5. The number of carbonyl (C=O) groups is 3. The van der Waals surface area contributed by atoms with E-state index in [1.165, 1.54) is 12.0 Å². The lowest BCUT2D eigenvalue weighted by molar-refractivity contribution is -0.129. The van der Waals surface area contributed by atoms with Crippen molar-refractivity contribution in [2.24, 2.45) is 0 Å². The highest BCUT2D eigenvalue weighted by Gasteiger charge is 2.48. The molecular weight excluding hydrogens is 436 g/mol. The van der Waals surface area contributed by atoms with Gasteiger partial charge in [-0.05, 0) is 48.0 Å². The van der Waals surface area contributed by atoms with Gasteiger partial charge in [0.25, 0.3) is 11.8 Å². The number of benzene rings is 2. The minimum Gasteiger partial charge on any atom is -0.497 e. The van der Waals surface area contributed by atoms with E-state index in [1.54, 1.807) is 49.6 Å². The average Bonchev–Trinajstić information content (AvgIpc) is 3.22. The zero-order chi connectivity index (χ0) is 22.1. The van der Waals surface area contributed by atoms with Crippen LogP contribution in [0.15, 0.2) is 53.4 Å². The average molecular weight is 455 g/mol. The molecule has 0 bridgehead atoms. The molecule has 2 aromatic carbocycles. The van der Waals surface area contributed by atoms with E-state index in [1.807, 2.05) is 12.1 Å². The first kappa shape index (κ1) is 21.1. The Morgan fingerprint density at radius 1 is 0.968 bits per heavy atom. The van der Waals surface area contributed by atoms with Crippen molar-refractivity contribution in [2.75, 3.05) is 19.1 Å². The highest BCUT2D eigenvalue weighted by atomic mass is 32.2. The minimum absolute atomic E-state index is 0.118. The van der Waals surface area contributed by atoms with E-state index in [0.29, 0.717) is 22.1 Å². The van der Waals surface area contributed by atoms with Crippen LogP contribution in [-0.4, -0.2) is 47.2 Å². The van der Waals surface area contributed by atoms with Gasteiger partial charge in [0.1, 0.15) is 21.9 Å². The summed E-state index contributed by atoms with van der Waals surface area (Å²) >= 11 is 6.49. The molecule has 3 amide bonds. The predicted octanol–water partition coefficient (Wildman–Crippen LogP) is 3.24. The maximum Gasteiger partial charge on any atom is 0.266 e. The second kappa shape index (κ2) is 8.52. The standard InChI is InChI=1S/C22H18N2O5S2/c1-28-15-7-3-13(4-8-15)11-18-21(27)24(22(30)31-18)17-12-19(25)23(20(17)26)14-5-9-16(29-2)10-6-14/h3-11,17H,12H2,1-2H3/b18-11-. The zero-order valence-corrected chi connectivity index (χ0v) is 18.4. The lowest BCUT2D eigenvalue weighted by atomic mass is 10.2. The minimum atomic E-state index is -0.955. The number of hydrogen-bond donors (Lipinski definition) is 0. The Morgan fingerprint density at radius 3 is 2.13 bits per heavy atom. The van der Waals surface area contributed by atoms with Crippen LogP contribution in [0.2, 0.25) is 0 Å². The first-order valence-electron chi connectivity index (χ1n) is 9.35. The number of thiocarbonyl (C=S) groups is 1. The third-order valence-electron chi connectivity index (χ3n) is 5.00. The zero-order valence-electron chi connectivity index (χ0n) is 16.7. The van der Waals surface area contributed by atoms with Gasteiger partial charge in [0, 0.05) is 0 Å². The Balaban J connectivity index is 1.56. The van der Waals surface area contributed by atoms with Crippen molar-refractivity contribution < 1.29 is 23.9 Å². The molecule has 2 aromatic rings. The number of anilines is 1. The summed E-state index contributed by atoms with van der Waals surface area (Å²) in [5.74, 6) is 0.0810. The Kier molecular flexibility index (Phi) is 5.79. The molecule has 2 aliphatic rings. The van der Waals surface area contributed by atoms with Gasteiger partial charge in [-0.25, -0.2) is 4.90 Å². The fourth-order valence-corrected chi connectivity index (χ4v) is 4.78. The molecule has 2 aliphatic heterocycles. The molecule has 158 valence electrons. The molecule has 2 fully saturated rings. The van der Waals surface area contributed by atoms with Crippen LogP contribution in [0.5, 0.6) is 11.5 Å². The Hall–Kier alpha value is -3.17. The fraction of sp³-hybridized carbons (Fsp3) is 0.182. The number of rotatable bonds is 5. The summed E-state index contributed by atoms with van der Waals surface area (Å²) < 4.78 is 10.5.